The van der Waals surface area contributed by atoms with Gasteiger partial charge >= 0.3 is 0 Å². The molecule has 3 heteroatoms. The number of benzene rings is 2. The number of nitriles is 1. The number of rotatable bonds is 3. The van der Waals surface area contributed by atoms with Gasteiger partial charge in [-0.3, -0.25) is 0 Å². The van der Waals surface area contributed by atoms with E-state index in [0.29, 0.717) is 5.69 Å². The fraction of sp³-hybridized carbons (Fsp3) is 0.188. The molecule has 0 amide bonds. The van der Waals surface area contributed by atoms with Gasteiger partial charge in [-0.1, -0.05) is 12.1 Å². The summed E-state index contributed by atoms with van der Waals surface area (Å²) in [6, 6.07) is 17.4. The van der Waals surface area contributed by atoms with Crippen LogP contribution in [-0.2, 0) is 5.41 Å². The molecule has 3 nitrogen and oxygen atoms in total. The van der Waals surface area contributed by atoms with Gasteiger partial charge in [0.1, 0.15) is 11.5 Å². The summed E-state index contributed by atoms with van der Waals surface area (Å²) in [5.41, 5.74) is 7.11. The van der Waals surface area contributed by atoms with Gasteiger partial charge in [-0.2, -0.15) is 5.26 Å². The third kappa shape index (κ3) is 2.25. The van der Waals surface area contributed by atoms with Gasteiger partial charge in [-0.15, -0.1) is 0 Å². The predicted molar refractivity (Wildman–Crippen MR) is 73.9 cm³/mol. The van der Waals surface area contributed by atoms with Crippen molar-refractivity contribution in [2.24, 2.45) is 0 Å². The Labute approximate surface area is 112 Å². The van der Waals surface area contributed by atoms with Crippen LogP contribution in [0, 0.1) is 11.3 Å². The fourth-order valence-electron chi connectivity index (χ4n) is 2.12. The maximum absolute atomic E-state index is 9.22. The summed E-state index contributed by atoms with van der Waals surface area (Å²) in [5, 5.41) is 9.22. The number of nitrogen functional groups attached to an aromatic ring is 1. The van der Waals surface area contributed by atoms with Crippen molar-refractivity contribution < 1.29 is 4.74 Å². The minimum Gasteiger partial charge on any atom is -0.457 e. The first-order valence-electron chi connectivity index (χ1n) is 6.27. The molecule has 2 aromatic carbocycles. The molecule has 0 atom stereocenters. The zero-order valence-electron chi connectivity index (χ0n) is 10.5. The summed E-state index contributed by atoms with van der Waals surface area (Å²) in [6.45, 7) is 0. The van der Waals surface area contributed by atoms with Crippen molar-refractivity contribution in [3.63, 3.8) is 0 Å². The van der Waals surface area contributed by atoms with Gasteiger partial charge in [0, 0.05) is 5.69 Å². The lowest BCUT2D eigenvalue weighted by atomic mass is 9.98. The van der Waals surface area contributed by atoms with Crippen LogP contribution in [0.5, 0.6) is 11.5 Å². The van der Waals surface area contributed by atoms with Crippen molar-refractivity contribution in [3.8, 4) is 17.6 Å². The van der Waals surface area contributed by atoms with E-state index >= 15 is 0 Å². The van der Waals surface area contributed by atoms with Crippen molar-refractivity contribution in [2.75, 3.05) is 5.73 Å². The van der Waals surface area contributed by atoms with E-state index in [1.54, 1.807) is 12.1 Å². The largest absolute Gasteiger partial charge is 0.457 e. The number of anilines is 1. The Bertz CT molecular complexity index is 637. The Balaban J connectivity index is 1.84. The highest BCUT2D eigenvalue weighted by atomic mass is 16.5. The van der Waals surface area contributed by atoms with Gasteiger partial charge < -0.3 is 10.5 Å². The summed E-state index contributed by atoms with van der Waals surface area (Å²) in [6.07, 6.45) is 1.88. The number of ether oxygens (including phenoxy) is 1. The van der Waals surface area contributed by atoms with E-state index in [2.05, 4.69) is 6.07 Å². The Kier molecular flexibility index (Phi) is 2.64. The van der Waals surface area contributed by atoms with Gasteiger partial charge in [-0.25, -0.2) is 0 Å². The molecule has 1 aliphatic rings. The number of nitrogens with zero attached hydrogens (tertiary/aromatic N) is 1. The lowest BCUT2D eigenvalue weighted by Gasteiger charge is -2.10. The predicted octanol–water partition coefficient (Wildman–Crippen LogP) is 3.62. The lowest BCUT2D eigenvalue weighted by Crippen LogP contribution is -2.02. The molecule has 0 saturated heterocycles. The maximum atomic E-state index is 9.22. The normalized spacial score (nSPS) is 15.5. The summed E-state index contributed by atoms with van der Waals surface area (Å²) < 4.78 is 5.78. The van der Waals surface area contributed by atoms with Crippen LogP contribution in [0.1, 0.15) is 18.4 Å². The van der Waals surface area contributed by atoms with Crippen LogP contribution < -0.4 is 10.5 Å². The van der Waals surface area contributed by atoms with Crippen molar-refractivity contribution in [1.29, 1.82) is 5.26 Å². The Morgan fingerprint density at radius 2 is 1.79 bits per heavy atom. The van der Waals surface area contributed by atoms with Crippen molar-refractivity contribution in [1.82, 2.24) is 0 Å². The van der Waals surface area contributed by atoms with Crippen LogP contribution in [0.4, 0.5) is 5.69 Å². The van der Waals surface area contributed by atoms with E-state index < -0.39 is 0 Å². The fourth-order valence-corrected chi connectivity index (χ4v) is 2.12. The van der Waals surface area contributed by atoms with Crippen LogP contribution >= 0.6 is 0 Å². The number of nitrogens with two attached hydrogens (primary N) is 1. The smallest absolute Gasteiger partial charge is 0.127 e. The zero-order valence-corrected chi connectivity index (χ0v) is 10.5. The van der Waals surface area contributed by atoms with E-state index in [-0.39, 0.29) is 5.41 Å². The molecule has 0 unspecified atom stereocenters. The van der Waals surface area contributed by atoms with Gasteiger partial charge in [-0.05, 0) is 54.8 Å². The van der Waals surface area contributed by atoms with E-state index in [4.69, 9.17) is 10.5 Å². The molecule has 94 valence electrons. The molecule has 2 aromatic rings. The van der Waals surface area contributed by atoms with Crippen LogP contribution in [0.15, 0.2) is 48.5 Å². The van der Waals surface area contributed by atoms with Gasteiger partial charge in [0.05, 0.1) is 11.5 Å². The van der Waals surface area contributed by atoms with Crippen molar-refractivity contribution in [2.45, 2.75) is 18.3 Å². The van der Waals surface area contributed by atoms with Crippen LogP contribution in [-0.4, -0.2) is 0 Å². The van der Waals surface area contributed by atoms with E-state index in [0.717, 1.165) is 29.9 Å². The average Bonchev–Trinajstić information content (AvgIpc) is 3.23. The highest BCUT2D eigenvalue weighted by Gasteiger charge is 2.44. The number of hydrogen-bond acceptors (Lipinski definition) is 3. The molecule has 3 rings (SSSR count). The van der Waals surface area contributed by atoms with Crippen molar-refractivity contribution in [3.05, 3.63) is 54.1 Å². The Hall–Kier alpha value is -2.47. The molecule has 1 fully saturated rings. The maximum Gasteiger partial charge on any atom is 0.127 e. The van der Waals surface area contributed by atoms with Crippen LogP contribution in [0.2, 0.25) is 0 Å². The topological polar surface area (TPSA) is 59.0 Å². The highest BCUT2D eigenvalue weighted by Crippen LogP contribution is 2.48. The average molecular weight is 250 g/mol. The molecule has 2 N–H and O–H groups in total. The second-order valence-electron chi connectivity index (χ2n) is 4.89. The zero-order chi connectivity index (χ0) is 13.3. The molecule has 1 aliphatic carbocycles. The van der Waals surface area contributed by atoms with Gasteiger partial charge in [0.25, 0.3) is 0 Å². The lowest BCUT2D eigenvalue weighted by molar-refractivity contribution is 0.481. The second kappa shape index (κ2) is 4.33. The Morgan fingerprint density at radius 1 is 1.05 bits per heavy atom. The molecule has 0 spiro atoms. The quantitative estimate of drug-likeness (QED) is 0.846. The summed E-state index contributed by atoms with van der Waals surface area (Å²) in [7, 11) is 0. The SMILES string of the molecule is N#CC1(c2cccc(Oc3ccc(N)cc3)c2)CC1. The molecule has 0 bridgehead atoms. The van der Waals surface area contributed by atoms with E-state index in [1.807, 2.05) is 36.4 Å². The first-order chi connectivity index (χ1) is 9.22. The van der Waals surface area contributed by atoms with Gasteiger partial charge in [0.15, 0.2) is 0 Å². The molecule has 0 aromatic heterocycles. The number of hydrogen-bond donors (Lipinski definition) is 1. The first kappa shape index (κ1) is 11.6. The summed E-state index contributed by atoms with van der Waals surface area (Å²) in [5.74, 6) is 1.50. The minimum absolute atomic E-state index is 0.277. The van der Waals surface area contributed by atoms with Crippen LogP contribution in [0.3, 0.4) is 0 Å². The molecule has 0 radical (unpaired) electrons. The third-order valence-electron chi connectivity index (χ3n) is 3.47. The molecule has 0 heterocycles. The second-order valence-corrected chi connectivity index (χ2v) is 4.89. The Morgan fingerprint density at radius 3 is 2.42 bits per heavy atom. The van der Waals surface area contributed by atoms with E-state index in [1.165, 1.54) is 0 Å². The molecular weight excluding hydrogens is 236 g/mol. The van der Waals surface area contributed by atoms with Crippen LogP contribution in [0.25, 0.3) is 0 Å². The van der Waals surface area contributed by atoms with Crippen molar-refractivity contribution >= 4 is 5.69 Å². The standard InChI is InChI=1S/C16H14N2O/c17-11-16(8-9-16)12-2-1-3-15(10-12)19-14-6-4-13(18)5-7-14/h1-7,10H,8-9,18H2. The monoisotopic (exact) mass is 250 g/mol. The summed E-state index contributed by atoms with van der Waals surface area (Å²) in [4.78, 5) is 0. The third-order valence-corrected chi connectivity index (χ3v) is 3.47. The summed E-state index contributed by atoms with van der Waals surface area (Å²) >= 11 is 0. The van der Waals surface area contributed by atoms with E-state index in [9.17, 15) is 5.26 Å². The molecule has 0 aliphatic heterocycles. The molecule has 1 saturated carbocycles. The van der Waals surface area contributed by atoms with Gasteiger partial charge in [0.2, 0.25) is 0 Å². The highest BCUT2D eigenvalue weighted by molar-refractivity contribution is 5.46. The minimum atomic E-state index is -0.277. The molecule has 19 heavy (non-hydrogen) atoms. The molecular formula is C16H14N2O. The first-order valence-corrected chi connectivity index (χ1v) is 6.27.